The van der Waals surface area contributed by atoms with Crippen LogP contribution >= 0.6 is 11.6 Å². The standard InChI is InChI=1S/C26H20ClN3O4/c1-13-9-18(15(3)29-20-7-8-21(27)30-22(20)26(32)33)25-19(10-13)23(31)14(2)24(34-25)17-6-4-5-16(11-17)12-28/h4-11,15,29H,1-3H3,(H,32,33). The normalized spacial score (nSPS) is 11.7. The molecule has 0 aliphatic carbocycles. The van der Waals surface area contributed by atoms with Gasteiger partial charge in [-0.05, 0) is 56.7 Å². The van der Waals surface area contributed by atoms with Crippen molar-refractivity contribution in [3.63, 3.8) is 0 Å². The number of fused-ring (bicyclic) bond motifs is 1. The average Bonchev–Trinajstić information content (AvgIpc) is 2.82. The van der Waals surface area contributed by atoms with Gasteiger partial charge in [0.2, 0.25) is 0 Å². The third-order valence-corrected chi connectivity index (χ3v) is 5.76. The number of pyridine rings is 1. The largest absolute Gasteiger partial charge is 0.476 e. The molecule has 2 aromatic heterocycles. The Hall–Kier alpha value is -4.15. The lowest BCUT2D eigenvalue weighted by Gasteiger charge is -2.19. The summed E-state index contributed by atoms with van der Waals surface area (Å²) in [7, 11) is 0. The van der Waals surface area contributed by atoms with Crippen LogP contribution in [0.4, 0.5) is 5.69 Å². The van der Waals surface area contributed by atoms with Gasteiger partial charge >= 0.3 is 5.97 Å². The maximum atomic E-state index is 13.3. The Bertz CT molecular complexity index is 1550. The molecule has 0 amide bonds. The minimum Gasteiger partial charge on any atom is -0.476 e. The summed E-state index contributed by atoms with van der Waals surface area (Å²) in [6, 6.07) is 15.2. The van der Waals surface area contributed by atoms with Gasteiger partial charge in [-0.2, -0.15) is 5.26 Å². The van der Waals surface area contributed by atoms with Crippen molar-refractivity contribution in [3.05, 3.63) is 91.9 Å². The van der Waals surface area contributed by atoms with Gasteiger partial charge in [0.15, 0.2) is 11.1 Å². The Labute approximate surface area is 200 Å². The summed E-state index contributed by atoms with van der Waals surface area (Å²) in [6.07, 6.45) is 0. The van der Waals surface area contributed by atoms with Crippen LogP contribution in [0.3, 0.4) is 0 Å². The van der Waals surface area contributed by atoms with E-state index in [2.05, 4.69) is 16.4 Å². The Morgan fingerprint density at radius 3 is 2.68 bits per heavy atom. The van der Waals surface area contributed by atoms with Gasteiger partial charge in [-0.1, -0.05) is 29.8 Å². The molecule has 2 aromatic carbocycles. The van der Waals surface area contributed by atoms with E-state index >= 15 is 0 Å². The highest BCUT2D eigenvalue weighted by Gasteiger charge is 2.21. The molecule has 4 aromatic rings. The number of aryl methyl sites for hydroxylation is 1. The highest BCUT2D eigenvalue weighted by Crippen LogP contribution is 2.33. The smallest absolute Gasteiger partial charge is 0.356 e. The summed E-state index contributed by atoms with van der Waals surface area (Å²) in [5, 5.41) is 22.4. The highest BCUT2D eigenvalue weighted by molar-refractivity contribution is 6.29. The van der Waals surface area contributed by atoms with E-state index in [0.29, 0.717) is 39.0 Å². The van der Waals surface area contributed by atoms with Crippen LogP contribution < -0.4 is 10.7 Å². The van der Waals surface area contributed by atoms with Gasteiger partial charge in [0.25, 0.3) is 0 Å². The number of aromatic carboxylic acids is 1. The number of rotatable bonds is 5. The number of carbonyl (C=O) groups is 1. The van der Waals surface area contributed by atoms with Gasteiger partial charge in [-0.15, -0.1) is 0 Å². The molecule has 170 valence electrons. The van der Waals surface area contributed by atoms with Crippen molar-refractivity contribution < 1.29 is 14.3 Å². The van der Waals surface area contributed by atoms with E-state index in [9.17, 15) is 20.0 Å². The van der Waals surface area contributed by atoms with E-state index < -0.39 is 12.0 Å². The van der Waals surface area contributed by atoms with E-state index in [1.54, 1.807) is 43.3 Å². The lowest BCUT2D eigenvalue weighted by molar-refractivity contribution is 0.0691. The van der Waals surface area contributed by atoms with Gasteiger partial charge in [0, 0.05) is 16.7 Å². The first kappa shape index (κ1) is 23.0. The zero-order valence-corrected chi connectivity index (χ0v) is 19.4. The van der Waals surface area contributed by atoms with E-state index in [4.69, 9.17) is 16.0 Å². The quantitative estimate of drug-likeness (QED) is 0.348. The molecule has 1 unspecified atom stereocenters. The Morgan fingerprint density at radius 1 is 1.21 bits per heavy atom. The van der Waals surface area contributed by atoms with Crippen LogP contribution in [0, 0.1) is 25.2 Å². The molecule has 0 fully saturated rings. The minimum atomic E-state index is -1.21. The molecule has 0 bridgehead atoms. The molecule has 0 aliphatic heterocycles. The highest BCUT2D eigenvalue weighted by atomic mass is 35.5. The van der Waals surface area contributed by atoms with Crippen molar-refractivity contribution in [1.29, 1.82) is 5.26 Å². The second-order valence-corrected chi connectivity index (χ2v) is 8.40. The van der Waals surface area contributed by atoms with Crippen molar-refractivity contribution >= 4 is 34.2 Å². The van der Waals surface area contributed by atoms with E-state index in [1.165, 1.54) is 6.07 Å². The second kappa shape index (κ2) is 9.00. The van der Waals surface area contributed by atoms with Gasteiger partial charge < -0.3 is 14.8 Å². The molecule has 8 heteroatoms. The van der Waals surface area contributed by atoms with E-state index in [0.717, 1.165) is 5.56 Å². The Kier molecular flexibility index (Phi) is 6.10. The van der Waals surface area contributed by atoms with Crippen LogP contribution in [0.1, 0.15) is 45.7 Å². The summed E-state index contributed by atoms with van der Waals surface area (Å²) in [5.41, 5.74) is 3.35. The molecule has 1 atom stereocenters. The van der Waals surface area contributed by atoms with Crippen molar-refractivity contribution in [2.24, 2.45) is 0 Å². The lowest BCUT2D eigenvalue weighted by Crippen LogP contribution is -2.14. The topological polar surface area (TPSA) is 116 Å². The number of halogens is 1. The van der Waals surface area contributed by atoms with Gasteiger partial charge in [0.05, 0.1) is 28.7 Å². The summed E-state index contributed by atoms with van der Waals surface area (Å²) >= 11 is 5.87. The van der Waals surface area contributed by atoms with Crippen LogP contribution in [0.5, 0.6) is 0 Å². The van der Waals surface area contributed by atoms with E-state index in [1.807, 2.05) is 19.9 Å². The molecular weight excluding hydrogens is 454 g/mol. The Balaban J connectivity index is 1.90. The number of hydrogen-bond donors (Lipinski definition) is 2. The fourth-order valence-corrected chi connectivity index (χ4v) is 4.07. The average molecular weight is 474 g/mol. The van der Waals surface area contributed by atoms with Crippen LogP contribution in [-0.4, -0.2) is 16.1 Å². The van der Waals surface area contributed by atoms with Gasteiger partial charge in [-0.25, -0.2) is 9.78 Å². The molecular formula is C26H20ClN3O4. The van der Waals surface area contributed by atoms with Gasteiger partial charge in [0.1, 0.15) is 16.5 Å². The number of aromatic nitrogens is 1. The number of carboxylic acid groups (broad SMARTS) is 1. The molecule has 0 aliphatic rings. The summed E-state index contributed by atoms with van der Waals surface area (Å²) in [6.45, 7) is 5.41. The number of anilines is 1. The first-order valence-electron chi connectivity index (χ1n) is 10.4. The SMILES string of the molecule is Cc1cc(C(C)Nc2ccc(Cl)nc2C(=O)O)c2oc(-c3cccc(C#N)c3)c(C)c(=O)c2c1. The zero-order chi connectivity index (χ0) is 24.6. The number of nitrogens with zero attached hydrogens (tertiary/aromatic N) is 2. The summed E-state index contributed by atoms with van der Waals surface area (Å²) in [4.78, 5) is 28.8. The molecule has 0 saturated carbocycles. The second-order valence-electron chi connectivity index (χ2n) is 8.01. The van der Waals surface area contributed by atoms with Crippen LogP contribution in [0.25, 0.3) is 22.3 Å². The molecule has 0 radical (unpaired) electrons. The predicted octanol–water partition coefficient (Wildman–Crippen LogP) is 5.87. The maximum Gasteiger partial charge on any atom is 0.356 e. The first-order chi connectivity index (χ1) is 16.2. The molecule has 7 nitrogen and oxygen atoms in total. The van der Waals surface area contributed by atoms with Crippen LogP contribution in [0.15, 0.2) is 57.7 Å². The Morgan fingerprint density at radius 2 is 1.97 bits per heavy atom. The van der Waals surface area contributed by atoms with Crippen LogP contribution in [0.2, 0.25) is 5.15 Å². The van der Waals surface area contributed by atoms with Crippen molar-refractivity contribution in [1.82, 2.24) is 4.98 Å². The molecule has 2 heterocycles. The molecule has 4 rings (SSSR count). The lowest BCUT2D eigenvalue weighted by atomic mass is 9.98. The van der Waals surface area contributed by atoms with E-state index in [-0.39, 0.29) is 22.0 Å². The monoisotopic (exact) mass is 473 g/mol. The first-order valence-corrected chi connectivity index (χ1v) is 10.8. The molecule has 0 spiro atoms. The van der Waals surface area contributed by atoms with Crippen molar-refractivity contribution in [2.75, 3.05) is 5.32 Å². The number of nitriles is 1. The predicted molar refractivity (Wildman–Crippen MR) is 130 cm³/mol. The molecule has 2 N–H and O–H groups in total. The van der Waals surface area contributed by atoms with Crippen molar-refractivity contribution in [2.45, 2.75) is 26.8 Å². The minimum absolute atomic E-state index is 0.0716. The molecule has 0 saturated heterocycles. The molecule has 34 heavy (non-hydrogen) atoms. The fourth-order valence-electron chi connectivity index (χ4n) is 3.92. The van der Waals surface area contributed by atoms with Gasteiger partial charge in [-0.3, -0.25) is 4.79 Å². The number of nitrogens with one attached hydrogen (secondary N) is 1. The van der Waals surface area contributed by atoms with Crippen LogP contribution in [-0.2, 0) is 0 Å². The number of hydrogen-bond acceptors (Lipinski definition) is 6. The summed E-state index contributed by atoms with van der Waals surface area (Å²) in [5.74, 6) is -0.834. The third kappa shape index (κ3) is 4.24. The summed E-state index contributed by atoms with van der Waals surface area (Å²) < 4.78 is 6.30. The zero-order valence-electron chi connectivity index (χ0n) is 18.6. The number of benzene rings is 2. The van der Waals surface area contributed by atoms with Crippen molar-refractivity contribution in [3.8, 4) is 17.4 Å². The third-order valence-electron chi connectivity index (χ3n) is 5.55. The number of carboxylic acids is 1. The fraction of sp³-hybridized carbons (Fsp3) is 0.154. The maximum absolute atomic E-state index is 13.3.